The van der Waals surface area contributed by atoms with E-state index in [1.165, 1.54) is 4.31 Å². The Labute approximate surface area is 162 Å². The molecule has 1 aliphatic heterocycles. The van der Waals surface area contributed by atoms with Gasteiger partial charge >= 0.3 is 0 Å². The van der Waals surface area contributed by atoms with Crippen molar-refractivity contribution < 1.29 is 13.2 Å². The average Bonchev–Trinajstić information content (AvgIpc) is 3.26. The van der Waals surface area contributed by atoms with Crippen molar-refractivity contribution in [1.29, 1.82) is 0 Å². The molecule has 0 aliphatic carbocycles. The third-order valence-corrected chi connectivity index (χ3v) is 6.76. The maximum absolute atomic E-state index is 13.0. The molecular weight excluding hydrogens is 380 g/mol. The van der Waals surface area contributed by atoms with E-state index in [-0.39, 0.29) is 5.91 Å². The Morgan fingerprint density at radius 2 is 1.93 bits per heavy atom. The van der Waals surface area contributed by atoms with Gasteiger partial charge in [-0.1, -0.05) is 30.3 Å². The number of nitrogens with zero attached hydrogens (tertiary/aromatic N) is 2. The summed E-state index contributed by atoms with van der Waals surface area (Å²) in [5.41, 5.74) is 1.61. The molecule has 4 rings (SSSR count). The molecule has 27 heavy (non-hydrogen) atoms. The molecule has 2 heterocycles. The summed E-state index contributed by atoms with van der Waals surface area (Å²) < 4.78 is 26.4. The molecule has 1 aliphatic rings. The zero-order chi connectivity index (χ0) is 19.0. The summed E-state index contributed by atoms with van der Waals surface area (Å²) >= 11 is 1.59. The predicted octanol–water partition coefficient (Wildman–Crippen LogP) is 3.47. The first-order valence-corrected chi connectivity index (χ1v) is 11.5. The van der Waals surface area contributed by atoms with Crippen molar-refractivity contribution in [1.82, 2.24) is 4.90 Å². The standard InChI is InChI=1S/C20H20N2O3S2/c1-27(24,25)22(18-7-6-16-4-2-3-5-17(16)12-18)19-8-10-21(20(19)23)13-15-9-11-26-14-15/h2-7,9,11-12,14,19H,8,10,13H2,1H3/t19-/m0/s1. The molecule has 1 saturated heterocycles. The van der Waals surface area contributed by atoms with Crippen molar-refractivity contribution in [3.63, 3.8) is 0 Å². The molecule has 5 nitrogen and oxygen atoms in total. The van der Waals surface area contributed by atoms with E-state index in [2.05, 4.69) is 0 Å². The van der Waals surface area contributed by atoms with E-state index < -0.39 is 16.1 Å². The van der Waals surface area contributed by atoms with Gasteiger partial charge in [-0.25, -0.2) is 8.42 Å². The van der Waals surface area contributed by atoms with Crippen LogP contribution in [0.1, 0.15) is 12.0 Å². The molecule has 1 atom stereocenters. The Kier molecular flexibility index (Phi) is 4.65. The second kappa shape index (κ2) is 6.98. The number of carbonyl (C=O) groups excluding carboxylic acids is 1. The van der Waals surface area contributed by atoms with Crippen LogP contribution in [0.2, 0.25) is 0 Å². The van der Waals surface area contributed by atoms with Gasteiger partial charge in [0.05, 0.1) is 11.9 Å². The lowest BCUT2D eigenvalue weighted by Crippen LogP contribution is -2.45. The van der Waals surface area contributed by atoms with E-state index in [0.29, 0.717) is 25.2 Å². The van der Waals surface area contributed by atoms with Gasteiger partial charge < -0.3 is 4.90 Å². The number of benzene rings is 2. The van der Waals surface area contributed by atoms with E-state index in [1.807, 2.05) is 53.2 Å². The fourth-order valence-corrected chi connectivity index (χ4v) is 5.43. The Morgan fingerprint density at radius 1 is 1.15 bits per heavy atom. The molecule has 0 saturated carbocycles. The number of fused-ring (bicyclic) bond motifs is 1. The fraction of sp³-hybridized carbons (Fsp3) is 0.250. The van der Waals surface area contributed by atoms with Gasteiger partial charge in [-0.05, 0) is 51.7 Å². The van der Waals surface area contributed by atoms with Gasteiger partial charge in [0.15, 0.2) is 0 Å². The Balaban J connectivity index is 1.67. The summed E-state index contributed by atoms with van der Waals surface area (Å²) in [5, 5.41) is 5.97. The maximum atomic E-state index is 13.0. The van der Waals surface area contributed by atoms with Crippen LogP contribution < -0.4 is 4.31 Å². The van der Waals surface area contributed by atoms with Gasteiger partial charge in [0.1, 0.15) is 6.04 Å². The highest BCUT2D eigenvalue weighted by molar-refractivity contribution is 7.92. The number of hydrogen-bond acceptors (Lipinski definition) is 4. The quantitative estimate of drug-likeness (QED) is 0.659. The van der Waals surface area contributed by atoms with Crippen LogP contribution in [-0.4, -0.2) is 38.1 Å². The minimum Gasteiger partial charge on any atom is -0.336 e. The Bertz CT molecular complexity index is 1080. The molecule has 2 aromatic carbocycles. The molecular formula is C20H20N2O3S2. The van der Waals surface area contributed by atoms with Crippen molar-refractivity contribution in [2.75, 3.05) is 17.1 Å². The summed E-state index contributed by atoms with van der Waals surface area (Å²) in [7, 11) is -3.60. The zero-order valence-electron chi connectivity index (χ0n) is 14.9. The number of likely N-dealkylation sites (tertiary alicyclic amines) is 1. The van der Waals surface area contributed by atoms with E-state index in [9.17, 15) is 13.2 Å². The monoisotopic (exact) mass is 400 g/mol. The first-order chi connectivity index (χ1) is 12.9. The molecule has 0 N–H and O–H groups in total. The molecule has 0 spiro atoms. The lowest BCUT2D eigenvalue weighted by atomic mass is 10.1. The van der Waals surface area contributed by atoms with Crippen LogP contribution in [0.5, 0.6) is 0 Å². The van der Waals surface area contributed by atoms with E-state index >= 15 is 0 Å². The number of hydrogen-bond donors (Lipinski definition) is 0. The summed E-state index contributed by atoms with van der Waals surface area (Å²) in [5.74, 6) is -0.139. The number of rotatable bonds is 5. The van der Waals surface area contributed by atoms with Crippen molar-refractivity contribution in [2.45, 2.75) is 19.0 Å². The molecule has 1 fully saturated rings. The lowest BCUT2D eigenvalue weighted by Gasteiger charge is -2.28. The van der Waals surface area contributed by atoms with Crippen LogP contribution in [-0.2, 0) is 21.4 Å². The number of carbonyl (C=O) groups is 1. The average molecular weight is 401 g/mol. The van der Waals surface area contributed by atoms with Gasteiger partial charge in [0, 0.05) is 13.1 Å². The Morgan fingerprint density at radius 3 is 2.63 bits per heavy atom. The first kappa shape index (κ1) is 18.0. The third kappa shape index (κ3) is 3.57. The molecule has 0 bridgehead atoms. The molecule has 0 radical (unpaired) electrons. The van der Waals surface area contributed by atoms with Crippen LogP contribution >= 0.6 is 11.3 Å². The third-order valence-electron chi connectivity index (χ3n) is 4.85. The maximum Gasteiger partial charge on any atom is 0.246 e. The molecule has 1 amide bonds. The number of anilines is 1. The van der Waals surface area contributed by atoms with Crippen LogP contribution in [0.4, 0.5) is 5.69 Å². The highest BCUT2D eigenvalue weighted by Crippen LogP contribution is 2.30. The summed E-state index contributed by atoms with van der Waals surface area (Å²) in [6.07, 6.45) is 1.65. The van der Waals surface area contributed by atoms with E-state index in [0.717, 1.165) is 22.6 Å². The topological polar surface area (TPSA) is 57.7 Å². The normalized spacial score (nSPS) is 17.6. The van der Waals surface area contributed by atoms with Gasteiger partial charge in [-0.15, -0.1) is 0 Å². The second-order valence-electron chi connectivity index (χ2n) is 6.79. The summed E-state index contributed by atoms with van der Waals surface area (Å²) in [4.78, 5) is 14.7. The molecule has 140 valence electrons. The lowest BCUT2D eigenvalue weighted by molar-refractivity contribution is -0.129. The van der Waals surface area contributed by atoms with Crippen LogP contribution in [0.25, 0.3) is 10.8 Å². The van der Waals surface area contributed by atoms with Gasteiger partial charge in [0.25, 0.3) is 0 Å². The van der Waals surface area contributed by atoms with Crippen molar-refractivity contribution in [3.8, 4) is 0 Å². The van der Waals surface area contributed by atoms with E-state index in [4.69, 9.17) is 0 Å². The van der Waals surface area contributed by atoms with Crippen molar-refractivity contribution in [3.05, 3.63) is 64.9 Å². The minimum absolute atomic E-state index is 0.139. The molecule has 0 unspecified atom stereocenters. The Hall–Kier alpha value is -2.38. The summed E-state index contributed by atoms with van der Waals surface area (Å²) in [6.45, 7) is 1.08. The summed E-state index contributed by atoms with van der Waals surface area (Å²) in [6, 6.07) is 14.6. The predicted molar refractivity (Wildman–Crippen MR) is 109 cm³/mol. The van der Waals surface area contributed by atoms with Gasteiger partial charge in [-0.2, -0.15) is 11.3 Å². The van der Waals surface area contributed by atoms with Crippen LogP contribution in [0, 0.1) is 0 Å². The van der Waals surface area contributed by atoms with Gasteiger partial charge in [-0.3, -0.25) is 9.10 Å². The number of sulfonamides is 1. The fourth-order valence-electron chi connectivity index (χ4n) is 3.62. The first-order valence-electron chi connectivity index (χ1n) is 8.71. The minimum atomic E-state index is -3.60. The second-order valence-corrected chi connectivity index (χ2v) is 9.43. The van der Waals surface area contributed by atoms with Crippen LogP contribution in [0.15, 0.2) is 59.3 Å². The largest absolute Gasteiger partial charge is 0.336 e. The van der Waals surface area contributed by atoms with Gasteiger partial charge in [0.2, 0.25) is 15.9 Å². The highest BCUT2D eigenvalue weighted by atomic mass is 32.2. The zero-order valence-corrected chi connectivity index (χ0v) is 16.5. The molecule has 3 aromatic rings. The number of amides is 1. The van der Waals surface area contributed by atoms with Crippen molar-refractivity contribution >= 4 is 43.7 Å². The molecule has 1 aromatic heterocycles. The highest BCUT2D eigenvalue weighted by Gasteiger charge is 2.40. The molecule has 7 heteroatoms. The smallest absolute Gasteiger partial charge is 0.246 e. The number of thiophene rings is 1. The van der Waals surface area contributed by atoms with Crippen LogP contribution in [0.3, 0.4) is 0 Å². The van der Waals surface area contributed by atoms with Crippen molar-refractivity contribution in [2.24, 2.45) is 0 Å². The van der Waals surface area contributed by atoms with E-state index in [1.54, 1.807) is 22.3 Å². The SMILES string of the molecule is CS(=O)(=O)N(c1ccc2ccccc2c1)[C@H]1CCN(Cc2ccsc2)C1=O.